The Morgan fingerprint density at radius 3 is 2.93 bits per heavy atom. The summed E-state index contributed by atoms with van der Waals surface area (Å²) in [5.74, 6) is 0.574. The van der Waals surface area contributed by atoms with Crippen molar-refractivity contribution in [1.82, 2.24) is 9.38 Å². The second-order valence-electron chi connectivity index (χ2n) is 2.98. The molecule has 0 spiro atoms. The highest BCUT2D eigenvalue weighted by atomic mass is 32.2. The van der Waals surface area contributed by atoms with Crippen molar-refractivity contribution in [2.24, 2.45) is 0 Å². The number of aromatic nitrogens is 2. The number of nitrogens with zero attached hydrogens (tertiary/aromatic N) is 2. The summed E-state index contributed by atoms with van der Waals surface area (Å²) in [6.45, 7) is 1.87. The summed E-state index contributed by atoms with van der Waals surface area (Å²) in [4.78, 5) is 5.78. The van der Waals surface area contributed by atoms with Crippen molar-refractivity contribution in [2.45, 2.75) is 6.92 Å². The molecule has 2 rings (SSSR count). The van der Waals surface area contributed by atoms with E-state index < -0.39 is 10.0 Å². The molecule has 5 nitrogen and oxygen atoms in total. The third-order valence-electron chi connectivity index (χ3n) is 1.72. The van der Waals surface area contributed by atoms with E-state index in [0.717, 1.165) is 16.0 Å². The maximum absolute atomic E-state index is 11.1. The molecule has 0 saturated carbocycles. The minimum Gasteiger partial charge on any atom is -0.275 e. The molecule has 2 heterocycles. The minimum atomic E-state index is -3.23. The molecule has 0 aromatic carbocycles. The van der Waals surface area contributed by atoms with Gasteiger partial charge < -0.3 is 0 Å². The van der Waals surface area contributed by atoms with Gasteiger partial charge in [-0.1, -0.05) is 0 Å². The van der Waals surface area contributed by atoms with E-state index in [9.17, 15) is 8.42 Å². The first kappa shape index (κ1) is 9.47. The van der Waals surface area contributed by atoms with Crippen molar-refractivity contribution in [3.05, 3.63) is 17.4 Å². The SMILES string of the molecule is Cc1sc2cncn2c1NS(C)(=O)=O. The summed E-state index contributed by atoms with van der Waals surface area (Å²) < 4.78 is 26.3. The van der Waals surface area contributed by atoms with Gasteiger partial charge in [-0.25, -0.2) is 13.4 Å². The van der Waals surface area contributed by atoms with Gasteiger partial charge in [-0.15, -0.1) is 11.3 Å². The van der Waals surface area contributed by atoms with Crippen molar-refractivity contribution in [1.29, 1.82) is 0 Å². The summed E-state index contributed by atoms with van der Waals surface area (Å²) in [5, 5.41) is 0. The van der Waals surface area contributed by atoms with Gasteiger partial charge in [0.2, 0.25) is 10.0 Å². The molecule has 0 aliphatic carbocycles. The third-order valence-corrected chi connectivity index (χ3v) is 3.29. The molecule has 2 aromatic heterocycles. The second kappa shape index (κ2) is 2.96. The number of hydrogen-bond donors (Lipinski definition) is 1. The molecule has 76 valence electrons. The zero-order valence-corrected chi connectivity index (χ0v) is 9.32. The fourth-order valence-corrected chi connectivity index (χ4v) is 2.78. The molecule has 14 heavy (non-hydrogen) atoms. The predicted molar refractivity (Wildman–Crippen MR) is 56.3 cm³/mol. The topological polar surface area (TPSA) is 63.5 Å². The van der Waals surface area contributed by atoms with E-state index in [1.807, 2.05) is 6.92 Å². The van der Waals surface area contributed by atoms with Gasteiger partial charge in [-0.2, -0.15) is 0 Å². The number of fused-ring (bicyclic) bond motifs is 1. The van der Waals surface area contributed by atoms with Crippen LogP contribution in [0.4, 0.5) is 5.82 Å². The van der Waals surface area contributed by atoms with Gasteiger partial charge in [0.05, 0.1) is 12.5 Å². The molecule has 1 N–H and O–H groups in total. The molecule has 0 saturated heterocycles. The lowest BCUT2D eigenvalue weighted by Crippen LogP contribution is -2.11. The Morgan fingerprint density at radius 1 is 1.57 bits per heavy atom. The second-order valence-corrected chi connectivity index (χ2v) is 5.97. The van der Waals surface area contributed by atoms with Crippen molar-refractivity contribution in [2.75, 3.05) is 11.0 Å². The third kappa shape index (κ3) is 1.60. The number of nitrogens with one attached hydrogen (secondary N) is 1. The van der Waals surface area contributed by atoms with Gasteiger partial charge in [-0.05, 0) is 6.92 Å². The Kier molecular flexibility index (Phi) is 2.00. The normalized spacial score (nSPS) is 12.1. The highest BCUT2D eigenvalue weighted by molar-refractivity contribution is 7.92. The van der Waals surface area contributed by atoms with E-state index >= 15 is 0 Å². The van der Waals surface area contributed by atoms with Gasteiger partial charge in [0.1, 0.15) is 17.0 Å². The number of sulfonamides is 1. The number of imidazole rings is 1. The van der Waals surface area contributed by atoms with Crippen LogP contribution in [0.15, 0.2) is 12.5 Å². The fraction of sp³-hybridized carbons (Fsp3) is 0.286. The number of anilines is 1. The molecule has 0 unspecified atom stereocenters. The molecule has 0 bridgehead atoms. The Labute approximate surface area is 85.5 Å². The maximum atomic E-state index is 11.1. The Hall–Kier alpha value is -1.08. The molecule has 0 amide bonds. The maximum Gasteiger partial charge on any atom is 0.230 e. The van der Waals surface area contributed by atoms with Crippen LogP contribution < -0.4 is 4.72 Å². The molecule has 0 aliphatic heterocycles. The average molecular weight is 231 g/mol. The fourth-order valence-electron chi connectivity index (χ4n) is 1.20. The first-order valence-electron chi connectivity index (χ1n) is 3.86. The molecule has 0 radical (unpaired) electrons. The van der Waals surface area contributed by atoms with Crippen molar-refractivity contribution in [3.8, 4) is 0 Å². The van der Waals surface area contributed by atoms with Gasteiger partial charge in [0, 0.05) is 4.88 Å². The Bertz CT molecular complexity index is 567. The smallest absolute Gasteiger partial charge is 0.230 e. The quantitative estimate of drug-likeness (QED) is 0.841. The zero-order chi connectivity index (χ0) is 10.3. The van der Waals surface area contributed by atoms with Crippen molar-refractivity contribution < 1.29 is 8.42 Å². The summed E-state index contributed by atoms with van der Waals surface area (Å²) in [6, 6.07) is 0. The standard InChI is InChI=1S/C7H9N3O2S2/c1-5-7(9-14(2,11)12)10-4-8-3-6(10)13-5/h3-4,9H,1-2H3. The van der Waals surface area contributed by atoms with Crippen LogP contribution in [0.3, 0.4) is 0 Å². The summed E-state index contributed by atoms with van der Waals surface area (Å²) in [5.41, 5.74) is 0. The number of rotatable bonds is 2. The zero-order valence-electron chi connectivity index (χ0n) is 7.68. The summed E-state index contributed by atoms with van der Waals surface area (Å²) in [6.07, 6.45) is 4.42. The molecule has 0 atom stereocenters. The van der Waals surface area contributed by atoms with E-state index in [4.69, 9.17) is 0 Å². The molecule has 0 aliphatic rings. The molecule has 0 fully saturated rings. The number of hydrogen-bond acceptors (Lipinski definition) is 4. The van der Waals surface area contributed by atoms with E-state index in [1.54, 1.807) is 16.9 Å². The number of thiazole rings is 1. The van der Waals surface area contributed by atoms with Gasteiger partial charge >= 0.3 is 0 Å². The van der Waals surface area contributed by atoms with Crippen LogP contribution in [0.25, 0.3) is 4.83 Å². The minimum absolute atomic E-state index is 0.574. The van der Waals surface area contributed by atoms with Crippen LogP contribution in [0.2, 0.25) is 0 Å². The highest BCUT2D eigenvalue weighted by Gasteiger charge is 2.12. The van der Waals surface area contributed by atoms with Crippen LogP contribution >= 0.6 is 11.3 Å². The van der Waals surface area contributed by atoms with E-state index in [2.05, 4.69) is 9.71 Å². The van der Waals surface area contributed by atoms with E-state index in [1.165, 1.54) is 11.3 Å². The lowest BCUT2D eigenvalue weighted by atomic mass is 10.6. The lowest BCUT2D eigenvalue weighted by molar-refractivity contribution is 0.606. The summed E-state index contributed by atoms with van der Waals surface area (Å²) >= 11 is 1.50. The first-order chi connectivity index (χ1) is 6.47. The Morgan fingerprint density at radius 2 is 2.29 bits per heavy atom. The first-order valence-corrected chi connectivity index (χ1v) is 6.57. The van der Waals surface area contributed by atoms with Crippen LogP contribution in [-0.4, -0.2) is 24.1 Å². The van der Waals surface area contributed by atoms with Crippen molar-refractivity contribution >= 4 is 32.0 Å². The average Bonchev–Trinajstić information content (AvgIpc) is 2.54. The summed E-state index contributed by atoms with van der Waals surface area (Å²) in [7, 11) is -3.23. The van der Waals surface area contributed by atoms with Gasteiger partial charge in [0.15, 0.2) is 0 Å². The Balaban J connectivity index is 2.60. The predicted octanol–water partition coefficient (Wildman–Crippen LogP) is 1.08. The van der Waals surface area contributed by atoms with Crippen LogP contribution in [0, 0.1) is 6.92 Å². The van der Waals surface area contributed by atoms with Crippen LogP contribution in [-0.2, 0) is 10.0 Å². The van der Waals surface area contributed by atoms with E-state index in [0.29, 0.717) is 5.82 Å². The molecule has 7 heteroatoms. The molecular formula is C7H9N3O2S2. The van der Waals surface area contributed by atoms with Crippen molar-refractivity contribution in [3.63, 3.8) is 0 Å². The van der Waals surface area contributed by atoms with E-state index in [-0.39, 0.29) is 0 Å². The van der Waals surface area contributed by atoms with Gasteiger partial charge in [0.25, 0.3) is 0 Å². The highest BCUT2D eigenvalue weighted by Crippen LogP contribution is 2.26. The van der Waals surface area contributed by atoms with Gasteiger partial charge in [-0.3, -0.25) is 9.12 Å². The lowest BCUT2D eigenvalue weighted by Gasteiger charge is -2.02. The largest absolute Gasteiger partial charge is 0.275 e. The van der Waals surface area contributed by atoms with Crippen LogP contribution in [0.1, 0.15) is 4.88 Å². The molecule has 2 aromatic rings. The molecular weight excluding hydrogens is 222 g/mol. The number of aryl methyl sites for hydroxylation is 1. The van der Waals surface area contributed by atoms with Crippen LogP contribution in [0.5, 0.6) is 0 Å². The monoisotopic (exact) mass is 231 g/mol.